The molecule has 1 saturated heterocycles. The molecular weight excluding hydrogens is 262 g/mol. The molecule has 0 aromatic carbocycles. The molecule has 0 spiro atoms. The van der Waals surface area contributed by atoms with Gasteiger partial charge in [0.2, 0.25) is 10.0 Å². The van der Waals surface area contributed by atoms with Crippen LogP contribution >= 0.6 is 12.4 Å². The van der Waals surface area contributed by atoms with Crippen molar-refractivity contribution >= 4 is 28.1 Å². The van der Waals surface area contributed by atoms with Crippen molar-refractivity contribution in [1.29, 1.82) is 0 Å². The predicted octanol–water partition coefficient (Wildman–Crippen LogP) is 0.997. The summed E-state index contributed by atoms with van der Waals surface area (Å²) < 4.78 is 26.5. The molecule has 5 nitrogen and oxygen atoms in total. The minimum atomic E-state index is -3.27. The van der Waals surface area contributed by atoms with Gasteiger partial charge in [-0.2, -0.15) is 0 Å². The molecule has 0 bridgehead atoms. The molecule has 2 N–H and O–H groups in total. The third-order valence-corrected chi connectivity index (χ3v) is 4.52. The fraction of sp³-hybridized carbons (Fsp3) is 0.500. The lowest BCUT2D eigenvalue weighted by Gasteiger charge is -2.23. The normalized spacial score (nSPS) is 17.2. The predicted molar refractivity (Wildman–Crippen MR) is 69.9 cm³/mol. The van der Waals surface area contributed by atoms with Crippen molar-refractivity contribution in [3.05, 3.63) is 24.5 Å². The molecule has 96 valence electrons. The summed E-state index contributed by atoms with van der Waals surface area (Å²) in [5.41, 5.74) is 0.529. The molecule has 1 fully saturated rings. The van der Waals surface area contributed by atoms with Gasteiger partial charge >= 0.3 is 0 Å². The molecule has 2 rings (SSSR count). The zero-order chi connectivity index (χ0) is 11.4. The average molecular weight is 278 g/mol. The number of nitrogens with zero attached hydrogens (tertiary/aromatic N) is 1. The Kier molecular flexibility index (Phi) is 5.17. The third kappa shape index (κ3) is 3.83. The van der Waals surface area contributed by atoms with Crippen molar-refractivity contribution in [3.8, 4) is 0 Å². The minimum absolute atomic E-state index is 0. The van der Waals surface area contributed by atoms with E-state index in [1.165, 1.54) is 6.20 Å². The Morgan fingerprint density at radius 2 is 2.06 bits per heavy atom. The molecule has 7 heteroatoms. The van der Waals surface area contributed by atoms with E-state index in [2.05, 4.69) is 15.0 Å². The molecule has 1 aromatic rings. The molecule has 0 aliphatic carbocycles. The first-order valence-electron chi connectivity index (χ1n) is 5.31. The van der Waals surface area contributed by atoms with Crippen LogP contribution in [0.1, 0.15) is 12.8 Å². The highest BCUT2D eigenvalue weighted by Gasteiger charge is 2.26. The van der Waals surface area contributed by atoms with Crippen LogP contribution in [0.4, 0.5) is 5.69 Å². The quantitative estimate of drug-likeness (QED) is 0.865. The SMILES string of the molecule is Cl.O=S(=O)(Nc1cccnc1)C1CCNCC1. The molecule has 0 amide bonds. The summed E-state index contributed by atoms with van der Waals surface area (Å²) in [6.45, 7) is 1.53. The fourth-order valence-electron chi connectivity index (χ4n) is 1.78. The Morgan fingerprint density at radius 3 is 2.65 bits per heavy atom. The van der Waals surface area contributed by atoms with Crippen LogP contribution in [0.3, 0.4) is 0 Å². The molecule has 0 radical (unpaired) electrons. The maximum Gasteiger partial charge on any atom is 0.235 e. The second-order valence-electron chi connectivity index (χ2n) is 3.84. The second-order valence-corrected chi connectivity index (χ2v) is 5.80. The smallest absolute Gasteiger partial charge is 0.235 e. The van der Waals surface area contributed by atoms with Gasteiger partial charge in [0, 0.05) is 6.20 Å². The van der Waals surface area contributed by atoms with Gasteiger partial charge < -0.3 is 5.32 Å². The summed E-state index contributed by atoms with van der Waals surface area (Å²) in [4.78, 5) is 3.87. The average Bonchev–Trinajstić information content (AvgIpc) is 2.31. The van der Waals surface area contributed by atoms with Gasteiger partial charge in [0.15, 0.2) is 0 Å². The summed E-state index contributed by atoms with van der Waals surface area (Å²) in [6.07, 6.45) is 4.45. The maximum absolute atomic E-state index is 12.0. The Hall–Kier alpha value is -0.850. The van der Waals surface area contributed by atoms with E-state index in [0.717, 1.165) is 13.1 Å². The van der Waals surface area contributed by atoms with Gasteiger partial charge in [-0.15, -0.1) is 12.4 Å². The second kappa shape index (κ2) is 6.18. The van der Waals surface area contributed by atoms with Gasteiger partial charge in [0.05, 0.1) is 17.1 Å². The van der Waals surface area contributed by atoms with E-state index in [-0.39, 0.29) is 17.7 Å². The number of nitrogens with one attached hydrogen (secondary N) is 2. The number of anilines is 1. The number of aromatic nitrogens is 1. The molecular formula is C10H16ClN3O2S. The van der Waals surface area contributed by atoms with E-state index in [1.54, 1.807) is 18.3 Å². The van der Waals surface area contributed by atoms with Crippen molar-refractivity contribution in [2.45, 2.75) is 18.1 Å². The number of halogens is 1. The van der Waals surface area contributed by atoms with Crippen LogP contribution in [0.15, 0.2) is 24.5 Å². The fourth-order valence-corrected chi connectivity index (χ4v) is 3.25. The van der Waals surface area contributed by atoms with Crippen molar-refractivity contribution < 1.29 is 8.42 Å². The van der Waals surface area contributed by atoms with Gasteiger partial charge in [-0.1, -0.05) is 0 Å². The van der Waals surface area contributed by atoms with Gasteiger partial charge in [0.1, 0.15) is 0 Å². The van der Waals surface area contributed by atoms with Crippen LogP contribution in [0, 0.1) is 0 Å². The molecule has 0 saturated carbocycles. The third-order valence-electron chi connectivity index (χ3n) is 2.65. The van der Waals surface area contributed by atoms with Gasteiger partial charge in [-0.3, -0.25) is 9.71 Å². The molecule has 1 aliphatic rings. The molecule has 2 heterocycles. The molecule has 1 aromatic heterocycles. The summed E-state index contributed by atoms with van der Waals surface area (Å²) in [7, 11) is -3.27. The molecule has 17 heavy (non-hydrogen) atoms. The monoisotopic (exact) mass is 277 g/mol. The molecule has 0 atom stereocenters. The minimum Gasteiger partial charge on any atom is -0.317 e. The summed E-state index contributed by atoms with van der Waals surface area (Å²) in [6, 6.07) is 3.41. The van der Waals surface area contributed by atoms with E-state index in [9.17, 15) is 8.42 Å². The van der Waals surface area contributed by atoms with Crippen LogP contribution in [0.2, 0.25) is 0 Å². The van der Waals surface area contributed by atoms with Gasteiger partial charge in [0.25, 0.3) is 0 Å². The van der Waals surface area contributed by atoms with Gasteiger partial charge in [-0.05, 0) is 38.1 Å². The number of hydrogen-bond acceptors (Lipinski definition) is 4. The lowest BCUT2D eigenvalue weighted by Crippen LogP contribution is -2.38. The Morgan fingerprint density at radius 1 is 1.35 bits per heavy atom. The van der Waals surface area contributed by atoms with E-state index in [4.69, 9.17) is 0 Å². The lowest BCUT2D eigenvalue weighted by molar-refractivity contribution is 0.499. The van der Waals surface area contributed by atoms with E-state index in [1.807, 2.05) is 0 Å². The molecule has 0 unspecified atom stereocenters. The van der Waals surface area contributed by atoms with Crippen LogP contribution in [-0.2, 0) is 10.0 Å². The van der Waals surface area contributed by atoms with Gasteiger partial charge in [-0.25, -0.2) is 8.42 Å². The van der Waals surface area contributed by atoms with E-state index in [0.29, 0.717) is 18.5 Å². The zero-order valence-corrected chi connectivity index (χ0v) is 10.9. The number of rotatable bonds is 3. The van der Waals surface area contributed by atoms with Crippen LogP contribution in [-0.4, -0.2) is 31.7 Å². The van der Waals surface area contributed by atoms with Crippen LogP contribution < -0.4 is 10.0 Å². The first kappa shape index (κ1) is 14.2. The zero-order valence-electron chi connectivity index (χ0n) is 9.30. The summed E-state index contributed by atoms with van der Waals surface area (Å²) in [5.74, 6) is 0. The van der Waals surface area contributed by atoms with Crippen molar-refractivity contribution in [1.82, 2.24) is 10.3 Å². The first-order chi connectivity index (χ1) is 7.68. The number of sulfonamides is 1. The Balaban J connectivity index is 0.00000144. The highest BCUT2D eigenvalue weighted by Crippen LogP contribution is 2.16. The number of hydrogen-bond donors (Lipinski definition) is 2. The Bertz CT molecular complexity index is 432. The topological polar surface area (TPSA) is 71.1 Å². The highest BCUT2D eigenvalue weighted by molar-refractivity contribution is 7.93. The first-order valence-corrected chi connectivity index (χ1v) is 6.85. The summed E-state index contributed by atoms with van der Waals surface area (Å²) >= 11 is 0. The number of piperidine rings is 1. The maximum atomic E-state index is 12.0. The van der Waals surface area contributed by atoms with E-state index < -0.39 is 10.0 Å². The highest BCUT2D eigenvalue weighted by atomic mass is 35.5. The van der Waals surface area contributed by atoms with Crippen molar-refractivity contribution in [2.75, 3.05) is 17.8 Å². The standard InChI is InChI=1S/C10H15N3O2S.ClH/c14-16(15,10-3-6-11-7-4-10)13-9-2-1-5-12-8-9;/h1-2,5,8,10-11,13H,3-4,6-7H2;1H. The Labute approximate surface area is 107 Å². The molecule has 1 aliphatic heterocycles. The van der Waals surface area contributed by atoms with Crippen molar-refractivity contribution in [2.24, 2.45) is 0 Å². The lowest BCUT2D eigenvalue weighted by atomic mass is 10.2. The number of pyridine rings is 1. The van der Waals surface area contributed by atoms with E-state index >= 15 is 0 Å². The largest absolute Gasteiger partial charge is 0.317 e. The van der Waals surface area contributed by atoms with Crippen LogP contribution in [0.25, 0.3) is 0 Å². The summed E-state index contributed by atoms with van der Waals surface area (Å²) in [5, 5.41) is 2.85. The van der Waals surface area contributed by atoms with Crippen molar-refractivity contribution in [3.63, 3.8) is 0 Å². The van der Waals surface area contributed by atoms with Crippen LogP contribution in [0.5, 0.6) is 0 Å².